The van der Waals surface area contributed by atoms with Crippen LogP contribution in [0.5, 0.6) is 5.75 Å². The second-order valence-corrected chi connectivity index (χ2v) is 9.51. The summed E-state index contributed by atoms with van der Waals surface area (Å²) in [7, 11) is -2.04. The first-order chi connectivity index (χ1) is 13.8. The van der Waals surface area contributed by atoms with E-state index in [1.807, 2.05) is 19.1 Å². The van der Waals surface area contributed by atoms with Crippen LogP contribution in [-0.4, -0.2) is 38.8 Å². The normalized spacial score (nSPS) is 16.9. The SMILES string of the molecule is COc1ccc(S(=O)(=O)N2CCC(C(=O)N[C@@H](C)c3ccc(Cl)cc3)CC2)cc1. The number of halogens is 1. The van der Waals surface area contributed by atoms with Crippen molar-refractivity contribution in [3.8, 4) is 5.75 Å². The van der Waals surface area contributed by atoms with Gasteiger partial charge in [0, 0.05) is 24.0 Å². The number of rotatable bonds is 6. The number of hydrogen-bond acceptors (Lipinski definition) is 4. The van der Waals surface area contributed by atoms with E-state index in [9.17, 15) is 13.2 Å². The summed E-state index contributed by atoms with van der Waals surface area (Å²) >= 11 is 5.91. The third kappa shape index (κ3) is 5.10. The molecule has 0 aliphatic carbocycles. The molecule has 1 N–H and O–H groups in total. The second kappa shape index (κ2) is 9.15. The first-order valence-corrected chi connectivity index (χ1v) is 11.3. The van der Waals surface area contributed by atoms with E-state index in [2.05, 4.69) is 5.32 Å². The molecular formula is C21H25ClN2O4S. The molecule has 1 saturated heterocycles. The molecule has 29 heavy (non-hydrogen) atoms. The van der Waals surface area contributed by atoms with Crippen LogP contribution >= 0.6 is 11.6 Å². The Bertz CT molecular complexity index is 938. The van der Waals surface area contributed by atoms with Crippen molar-refractivity contribution in [3.63, 3.8) is 0 Å². The largest absolute Gasteiger partial charge is 0.497 e. The minimum Gasteiger partial charge on any atom is -0.497 e. The molecule has 2 aromatic rings. The molecule has 0 bridgehead atoms. The number of ether oxygens (including phenoxy) is 1. The van der Waals surface area contributed by atoms with Crippen LogP contribution in [-0.2, 0) is 14.8 Å². The van der Waals surface area contributed by atoms with Crippen LogP contribution in [0.25, 0.3) is 0 Å². The molecule has 0 spiro atoms. The molecular weight excluding hydrogens is 412 g/mol. The average Bonchev–Trinajstić information content (AvgIpc) is 2.74. The van der Waals surface area contributed by atoms with E-state index in [4.69, 9.17) is 16.3 Å². The van der Waals surface area contributed by atoms with Crippen molar-refractivity contribution in [2.75, 3.05) is 20.2 Å². The van der Waals surface area contributed by atoms with Crippen molar-refractivity contribution in [1.82, 2.24) is 9.62 Å². The molecule has 156 valence electrons. The molecule has 0 aromatic heterocycles. The summed E-state index contributed by atoms with van der Waals surface area (Å²) in [6.45, 7) is 2.56. The van der Waals surface area contributed by atoms with Crippen LogP contribution in [0.4, 0.5) is 0 Å². The summed E-state index contributed by atoms with van der Waals surface area (Å²) in [6, 6.07) is 13.6. The number of hydrogen-bond donors (Lipinski definition) is 1. The number of methoxy groups -OCH3 is 1. The predicted molar refractivity (Wildman–Crippen MR) is 112 cm³/mol. The molecule has 1 aliphatic heterocycles. The first-order valence-electron chi connectivity index (χ1n) is 9.51. The molecule has 1 heterocycles. The number of piperidine rings is 1. The molecule has 1 atom stereocenters. The Morgan fingerprint density at radius 1 is 1.10 bits per heavy atom. The van der Waals surface area contributed by atoms with E-state index < -0.39 is 10.0 Å². The second-order valence-electron chi connectivity index (χ2n) is 7.14. The highest BCUT2D eigenvalue weighted by Crippen LogP contribution is 2.26. The van der Waals surface area contributed by atoms with Gasteiger partial charge in [-0.2, -0.15) is 4.31 Å². The van der Waals surface area contributed by atoms with Crippen molar-refractivity contribution in [2.24, 2.45) is 5.92 Å². The molecule has 3 rings (SSSR count). The number of nitrogens with one attached hydrogen (secondary N) is 1. The topological polar surface area (TPSA) is 75.7 Å². The number of sulfonamides is 1. The summed E-state index contributed by atoms with van der Waals surface area (Å²) in [6.07, 6.45) is 0.989. The van der Waals surface area contributed by atoms with Gasteiger partial charge in [-0.25, -0.2) is 8.42 Å². The van der Waals surface area contributed by atoms with E-state index in [1.54, 1.807) is 36.4 Å². The van der Waals surface area contributed by atoms with Crippen molar-refractivity contribution >= 4 is 27.5 Å². The van der Waals surface area contributed by atoms with Gasteiger partial charge in [0.25, 0.3) is 0 Å². The quantitative estimate of drug-likeness (QED) is 0.750. The number of benzene rings is 2. The van der Waals surface area contributed by atoms with Crippen molar-refractivity contribution in [2.45, 2.75) is 30.7 Å². The van der Waals surface area contributed by atoms with Gasteiger partial charge < -0.3 is 10.1 Å². The highest BCUT2D eigenvalue weighted by molar-refractivity contribution is 7.89. The van der Waals surface area contributed by atoms with Gasteiger partial charge in [0.2, 0.25) is 15.9 Å². The van der Waals surface area contributed by atoms with Gasteiger partial charge in [-0.15, -0.1) is 0 Å². The van der Waals surface area contributed by atoms with Crippen molar-refractivity contribution in [3.05, 3.63) is 59.1 Å². The van der Waals surface area contributed by atoms with Crippen molar-refractivity contribution in [1.29, 1.82) is 0 Å². The molecule has 2 aromatic carbocycles. The van der Waals surface area contributed by atoms with E-state index in [0.717, 1.165) is 5.56 Å². The Labute approximate surface area is 176 Å². The van der Waals surface area contributed by atoms with Crippen LogP contribution in [0.1, 0.15) is 31.4 Å². The lowest BCUT2D eigenvalue weighted by Crippen LogP contribution is -2.43. The van der Waals surface area contributed by atoms with Crippen LogP contribution in [0.2, 0.25) is 5.02 Å². The van der Waals surface area contributed by atoms with Crippen LogP contribution in [0, 0.1) is 5.92 Å². The van der Waals surface area contributed by atoms with Gasteiger partial charge in [0.1, 0.15) is 5.75 Å². The molecule has 8 heteroatoms. The van der Waals surface area contributed by atoms with Gasteiger partial charge in [0.05, 0.1) is 18.0 Å². The Balaban J connectivity index is 1.57. The van der Waals surface area contributed by atoms with E-state index >= 15 is 0 Å². The van der Waals surface area contributed by atoms with Crippen LogP contribution < -0.4 is 10.1 Å². The summed E-state index contributed by atoms with van der Waals surface area (Å²) in [5, 5.41) is 3.67. The Morgan fingerprint density at radius 2 is 1.69 bits per heavy atom. The highest BCUT2D eigenvalue weighted by Gasteiger charge is 2.32. The zero-order valence-corrected chi connectivity index (χ0v) is 18.0. The maximum Gasteiger partial charge on any atom is 0.243 e. The van der Waals surface area contributed by atoms with E-state index in [0.29, 0.717) is 36.7 Å². The maximum atomic E-state index is 12.8. The lowest BCUT2D eigenvalue weighted by molar-refractivity contribution is -0.126. The van der Waals surface area contributed by atoms with Gasteiger partial charge in [-0.05, 0) is 61.7 Å². The van der Waals surface area contributed by atoms with Gasteiger partial charge in [-0.3, -0.25) is 4.79 Å². The Kier molecular flexibility index (Phi) is 6.82. The fourth-order valence-corrected chi connectivity index (χ4v) is 5.02. The van der Waals surface area contributed by atoms with Crippen LogP contribution in [0.15, 0.2) is 53.4 Å². The smallest absolute Gasteiger partial charge is 0.243 e. The lowest BCUT2D eigenvalue weighted by atomic mass is 9.96. The van der Waals surface area contributed by atoms with Gasteiger partial charge >= 0.3 is 0 Å². The minimum absolute atomic E-state index is 0.0473. The fourth-order valence-electron chi connectivity index (χ4n) is 3.42. The predicted octanol–water partition coefficient (Wildman–Crippen LogP) is 3.63. The molecule has 1 fully saturated rings. The van der Waals surface area contributed by atoms with E-state index in [-0.39, 0.29) is 22.8 Å². The molecule has 0 saturated carbocycles. The van der Waals surface area contributed by atoms with Gasteiger partial charge in [-0.1, -0.05) is 23.7 Å². The maximum absolute atomic E-state index is 12.8. The molecule has 0 radical (unpaired) electrons. The Hall–Kier alpha value is -2.09. The summed E-state index contributed by atoms with van der Waals surface area (Å²) in [4.78, 5) is 12.9. The van der Waals surface area contributed by atoms with Gasteiger partial charge in [0.15, 0.2) is 0 Å². The fraction of sp³-hybridized carbons (Fsp3) is 0.381. The monoisotopic (exact) mass is 436 g/mol. The third-order valence-electron chi connectivity index (χ3n) is 5.25. The summed E-state index contributed by atoms with van der Waals surface area (Å²) in [5.41, 5.74) is 0.974. The first kappa shape index (κ1) is 21.6. The highest BCUT2D eigenvalue weighted by atomic mass is 35.5. The van der Waals surface area contributed by atoms with Crippen LogP contribution in [0.3, 0.4) is 0 Å². The third-order valence-corrected chi connectivity index (χ3v) is 7.42. The lowest BCUT2D eigenvalue weighted by Gasteiger charge is -2.31. The number of carbonyl (C=O) groups excluding carboxylic acids is 1. The average molecular weight is 437 g/mol. The number of carbonyl (C=O) groups is 1. The zero-order valence-electron chi connectivity index (χ0n) is 16.5. The minimum atomic E-state index is -3.57. The standard InChI is InChI=1S/C21H25ClN2O4S/c1-15(16-3-5-18(22)6-4-16)23-21(25)17-11-13-24(14-12-17)29(26,27)20-9-7-19(28-2)8-10-20/h3-10,15,17H,11-14H2,1-2H3,(H,23,25)/t15-/m0/s1. The summed E-state index contributed by atoms with van der Waals surface area (Å²) in [5.74, 6) is 0.357. The molecule has 0 unspecified atom stereocenters. The number of amides is 1. The number of nitrogens with zero attached hydrogens (tertiary/aromatic N) is 1. The molecule has 1 amide bonds. The van der Waals surface area contributed by atoms with Crippen molar-refractivity contribution < 1.29 is 17.9 Å². The zero-order chi connectivity index (χ0) is 21.0. The molecule has 1 aliphatic rings. The Morgan fingerprint density at radius 3 is 2.24 bits per heavy atom. The summed E-state index contributed by atoms with van der Waals surface area (Å²) < 4.78 is 32.2. The van der Waals surface area contributed by atoms with E-state index in [1.165, 1.54) is 11.4 Å². The molecule has 6 nitrogen and oxygen atoms in total.